The van der Waals surface area contributed by atoms with Crippen molar-refractivity contribution >= 4 is 39.0 Å². The molecule has 3 rings (SSSR count). The molecule has 0 saturated heterocycles. The van der Waals surface area contributed by atoms with Crippen LogP contribution in [0.3, 0.4) is 0 Å². The van der Waals surface area contributed by atoms with E-state index < -0.39 is 4.92 Å². The number of nitrogens with zero attached hydrogens (tertiary/aromatic N) is 3. The summed E-state index contributed by atoms with van der Waals surface area (Å²) in [6.45, 7) is 1.94. The van der Waals surface area contributed by atoms with Gasteiger partial charge in [-0.3, -0.25) is 10.1 Å². The number of rotatable bonds is 2. The Morgan fingerprint density at radius 1 is 1.42 bits per heavy atom. The van der Waals surface area contributed by atoms with Crippen molar-refractivity contribution in [2.45, 2.75) is 6.92 Å². The van der Waals surface area contributed by atoms with E-state index in [-0.39, 0.29) is 17.5 Å². The van der Waals surface area contributed by atoms with Crippen molar-refractivity contribution in [2.24, 2.45) is 0 Å². The minimum atomic E-state index is -0.612. The lowest BCUT2D eigenvalue weighted by atomic mass is 10.3. The third-order valence-electron chi connectivity index (χ3n) is 2.46. The molecule has 3 aromatic rings. The molecule has 0 atom stereocenters. The minimum Gasteiger partial charge on any atom is -0.397 e. The zero-order valence-electron chi connectivity index (χ0n) is 9.58. The first-order chi connectivity index (χ1) is 9.04. The average Bonchev–Trinajstić information content (AvgIpc) is 2.94. The van der Waals surface area contributed by atoms with Crippen LogP contribution in [0.15, 0.2) is 22.6 Å². The Hall–Kier alpha value is -1.99. The van der Waals surface area contributed by atoms with Gasteiger partial charge in [0.2, 0.25) is 0 Å². The molecule has 8 heteroatoms. The van der Waals surface area contributed by atoms with Crippen LogP contribution in [0.25, 0.3) is 21.8 Å². The van der Waals surface area contributed by atoms with Crippen molar-refractivity contribution in [3.8, 4) is 11.6 Å². The Bertz CT molecular complexity index is 796. The number of aryl methyl sites for hydroxylation is 1. The van der Waals surface area contributed by atoms with Crippen LogP contribution in [-0.2, 0) is 0 Å². The van der Waals surface area contributed by atoms with Crippen LogP contribution in [0.2, 0.25) is 5.15 Å². The quantitative estimate of drug-likeness (QED) is 0.408. The van der Waals surface area contributed by atoms with E-state index in [1.165, 1.54) is 23.5 Å². The molecule has 3 aromatic heterocycles. The van der Waals surface area contributed by atoms with Crippen LogP contribution in [0.1, 0.15) is 4.88 Å². The summed E-state index contributed by atoms with van der Waals surface area (Å²) in [5.41, 5.74) is 0. The number of aromatic nitrogens is 2. The zero-order chi connectivity index (χ0) is 13.6. The molecule has 19 heavy (non-hydrogen) atoms. The molecule has 0 amide bonds. The number of hydrogen-bond acceptors (Lipinski definition) is 6. The summed E-state index contributed by atoms with van der Waals surface area (Å²) in [6.07, 6.45) is 0. The van der Waals surface area contributed by atoms with E-state index in [9.17, 15) is 10.1 Å². The van der Waals surface area contributed by atoms with Crippen LogP contribution in [0.4, 0.5) is 5.88 Å². The van der Waals surface area contributed by atoms with Gasteiger partial charge in [0.1, 0.15) is 14.9 Å². The number of thiophene rings is 1. The largest absolute Gasteiger partial charge is 0.433 e. The molecule has 0 unspecified atom stereocenters. The van der Waals surface area contributed by atoms with E-state index in [0.717, 1.165) is 15.1 Å². The van der Waals surface area contributed by atoms with E-state index in [0.29, 0.717) is 5.15 Å². The van der Waals surface area contributed by atoms with Crippen LogP contribution in [0.5, 0.6) is 0 Å². The Labute approximate surface area is 115 Å². The molecule has 96 valence electrons. The smallest absolute Gasteiger partial charge is 0.397 e. The maximum absolute atomic E-state index is 10.6. The van der Waals surface area contributed by atoms with E-state index in [1.807, 2.05) is 13.0 Å². The monoisotopic (exact) mass is 295 g/mol. The fraction of sp³-hybridized carbons (Fsp3) is 0.0909. The van der Waals surface area contributed by atoms with Crippen LogP contribution < -0.4 is 0 Å². The summed E-state index contributed by atoms with van der Waals surface area (Å²) in [7, 11) is 0. The molecule has 0 aliphatic carbocycles. The van der Waals surface area contributed by atoms with Crippen molar-refractivity contribution in [3.05, 3.63) is 38.3 Å². The first-order valence-electron chi connectivity index (χ1n) is 5.23. The fourth-order valence-corrected chi connectivity index (χ4v) is 2.82. The normalized spacial score (nSPS) is 11.1. The maximum atomic E-state index is 10.6. The minimum absolute atomic E-state index is 0.224. The molecule has 0 bridgehead atoms. The topological polar surface area (TPSA) is 82.1 Å². The fourth-order valence-electron chi connectivity index (χ4n) is 1.66. The molecule has 0 radical (unpaired) electrons. The molecule has 0 fully saturated rings. The summed E-state index contributed by atoms with van der Waals surface area (Å²) >= 11 is 7.55. The molecule has 0 aliphatic heterocycles. The van der Waals surface area contributed by atoms with Gasteiger partial charge >= 0.3 is 5.88 Å². The van der Waals surface area contributed by atoms with Crippen molar-refractivity contribution in [2.75, 3.05) is 0 Å². The van der Waals surface area contributed by atoms with Crippen molar-refractivity contribution in [1.29, 1.82) is 0 Å². The second kappa shape index (κ2) is 4.29. The third-order valence-corrected chi connectivity index (χ3v) is 3.69. The molecule has 0 aromatic carbocycles. The first kappa shape index (κ1) is 12.1. The van der Waals surface area contributed by atoms with Gasteiger partial charge in [-0.2, -0.15) is 0 Å². The van der Waals surface area contributed by atoms with Crippen molar-refractivity contribution < 1.29 is 9.34 Å². The molecule has 3 heterocycles. The lowest BCUT2D eigenvalue weighted by molar-refractivity contribution is -0.401. The van der Waals surface area contributed by atoms with E-state index in [2.05, 4.69) is 9.97 Å². The Kier molecular flexibility index (Phi) is 2.72. The average molecular weight is 296 g/mol. The van der Waals surface area contributed by atoms with Crippen molar-refractivity contribution in [3.63, 3.8) is 0 Å². The highest BCUT2D eigenvalue weighted by Crippen LogP contribution is 2.31. The predicted octanol–water partition coefficient (Wildman–Crippen LogP) is 3.82. The van der Waals surface area contributed by atoms with Gasteiger partial charge in [-0.05, 0) is 19.1 Å². The summed E-state index contributed by atoms with van der Waals surface area (Å²) in [5, 5.41) is 11.7. The lowest BCUT2D eigenvalue weighted by Gasteiger charge is -1.97. The maximum Gasteiger partial charge on any atom is 0.433 e. The summed E-state index contributed by atoms with van der Waals surface area (Å²) < 4.78 is 5.06. The van der Waals surface area contributed by atoms with Crippen LogP contribution in [-0.4, -0.2) is 14.9 Å². The van der Waals surface area contributed by atoms with Gasteiger partial charge in [0, 0.05) is 10.3 Å². The molecule has 0 saturated carbocycles. The molecule has 0 aliphatic rings. The van der Waals surface area contributed by atoms with Crippen molar-refractivity contribution in [1.82, 2.24) is 9.97 Å². The SMILES string of the molecule is Cc1cc2c(Cl)nc(-c3ccc([N+](=O)[O-])o3)nc2s1. The third kappa shape index (κ3) is 2.06. The first-order valence-corrected chi connectivity index (χ1v) is 6.42. The zero-order valence-corrected chi connectivity index (χ0v) is 11.2. The highest BCUT2D eigenvalue weighted by molar-refractivity contribution is 7.18. The summed E-state index contributed by atoms with van der Waals surface area (Å²) in [6, 6.07) is 4.61. The summed E-state index contributed by atoms with van der Waals surface area (Å²) in [5.74, 6) is 0.117. The Morgan fingerprint density at radius 3 is 2.89 bits per heavy atom. The highest BCUT2D eigenvalue weighted by atomic mass is 35.5. The molecule has 0 spiro atoms. The van der Waals surface area contributed by atoms with Crippen LogP contribution >= 0.6 is 22.9 Å². The number of halogens is 1. The Balaban J connectivity index is 2.16. The number of fused-ring (bicyclic) bond motifs is 1. The van der Waals surface area contributed by atoms with Gasteiger partial charge < -0.3 is 4.42 Å². The molecular weight excluding hydrogens is 290 g/mol. The van der Waals surface area contributed by atoms with Gasteiger partial charge in [-0.25, -0.2) is 9.97 Å². The number of furan rings is 1. The van der Waals surface area contributed by atoms with Crippen LogP contribution in [0, 0.1) is 17.0 Å². The number of nitro groups is 1. The highest BCUT2D eigenvalue weighted by Gasteiger charge is 2.17. The summed E-state index contributed by atoms with van der Waals surface area (Å²) in [4.78, 5) is 20.2. The van der Waals surface area contributed by atoms with Gasteiger partial charge in [0.05, 0.1) is 6.07 Å². The standard InChI is InChI=1S/C11H6ClN3O3S/c1-5-4-6-9(12)13-10(14-11(6)19-5)7-2-3-8(18-7)15(16)17/h2-4H,1H3. The van der Waals surface area contributed by atoms with Gasteiger partial charge in [-0.1, -0.05) is 11.6 Å². The van der Waals surface area contributed by atoms with E-state index in [1.54, 1.807) is 0 Å². The van der Waals surface area contributed by atoms with Gasteiger partial charge in [-0.15, -0.1) is 11.3 Å². The second-order valence-corrected chi connectivity index (χ2v) is 5.40. The van der Waals surface area contributed by atoms with Gasteiger partial charge in [0.15, 0.2) is 11.6 Å². The molecule has 0 N–H and O–H groups in total. The lowest BCUT2D eigenvalue weighted by Crippen LogP contribution is -1.88. The Morgan fingerprint density at radius 2 is 2.21 bits per heavy atom. The van der Waals surface area contributed by atoms with E-state index in [4.69, 9.17) is 16.0 Å². The number of hydrogen-bond donors (Lipinski definition) is 0. The van der Waals surface area contributed by atoms with Gasteiger partial charge in [0.25, 0.3) is 0 Å². The molecule has 6 nitrogen and oxygen atoms in total. The predicted molar refractivity (Wildman–Crippen MR) is 71.5 cm³/mol. The van der Waals surface area contributed by atoms with E-state index >= 15 is 0 Å². The molecular formula is C11H6ClN3O3S. The second-order valence-electron chi connectivity index (χ2n) is 3.81.